The molecule has 0 aliphatic rings. The van der Waals surface area contributed by atoms with Crippen molar-refractivity contribution in [3.8, 4) is 17.1 Å². The van der Waals surface area contributed by atoms with Crippen LogP contribution in [0.15, 0.2) is 29.1 Å². The monoisotopic (exact) mass is 366 g/mol. The van der Waals surface area contributed by atoms with E-state index in [1.165, 1.54) is 4.40 Å². The van der Waals surface area contributed by atoms with Crippen molar-refractivity contribution < 1.29 is 4.74 Å². The van der Waals surface area contributed by atoms with Gasteiger partial charge in [-0.1, -0.05) is 26.0 Å². The molecule has 0 amide bonds. The van der Waals surface area contributed by atoms with Crippen LogP contribution in [0.3, 0.4) is 0 Å². The molecule has 3 heterocycles. The molecule has 140 valence electrons. The summed E-state index contributed by atoms with van der Waals surface area (Å²) in [6.45, 7) is 7.07. The van der Waals surface area contributed by atoms with Crippen LogP contribution in [0.4, 0.5) is 0 Å². The van der Waals surface area contributed by atoms with Crippen LogP contribution in [-0.4, -0.2) is 35.7 Å². The van der Waals surface area contributed by atoms with Crippen molar-refractivity contribution in [3.63, 3.8) is 0 Å². The summed E-state index contributed by atoms with van der Waals surface area (Å²) < 4.78 is 9.07. The van der Waals surface area contributed by atoms with Gasteiger partial charge < -0.3 is 9.72 Å². The molecule has 1 N–H and O–H groups in total. The first kappa shape index (κ1) is 17.3. The van der Waals surface area contributed by atoms with Gasteiger partial charge in [-0.2, -0.15) is 0 Å². The molecule has 0 saturated carbocycles. The number of fused-ring (bicyclic) bond motifs is 3. The fourth-order valence-corrected chi connectivity index (χ4v) is 3.23. The van der Waals surface area contributed by atoms with Crippen molar-refractivity contribution in [2.24, 2.45) is 0 Å². The number of H-pyrrole nitrogens is 1. The van der Waals surface area contributed by atoms with Crippen LogP contribution in [0.25, 0.3) is 28.2 Å². The summed E-state index contributed by atoms with van der Waals surface area (Å²) in [6.07, 6.45) is 1.74. The minimum absolute atomic E-state index is 0.171. The van der Waals surface area contributed by atoms with Crippen LogP contribution in [0.5, 0.6) is 5.75 Å². The number of aromatic nitrogens is 6. The Balaban J connectivity index is 1.99. The minimum Gasteiger partial charge on any atom is -0.493 e. The van der Waals surface area contributed by atoms with Crippen LogP contribution in [0, 0.1) is 6.92 Å². The first-order valence-electron chi connectivity index (χ1n) is 9.22. The van der Waals surface area contributed by atoms with E-state index in [-0.39, 0.29) is 5.69 Å². The van der Waals surface area contributed by atoms with Gasteiger partial charge in [-0.05, 0) is 31.9 Å². The maximum absolute atomic E-state index is 12.9. The molecule has 0 saturated heterocycles. The summed E-state index contributed by atoms with van der Waals surface area (Å²) in [6, 6.07) is 7.76. The lowest BCUT2D eigenvalue weighted by Crippen LogP contribution is -2.27. The highest BCUT2D eigenvalue weighted by atomic mass is 16.5. The van der Waals surface area contributed by atoms with Gasteiger partial charge in [0.25, 0.3) is 0 Å². The van der Waals surface area contributed by atoms with E-state index in [2.05, 4.69) is 22.1 Å². The highest BCUT2D eigenvalue weighted by molar-refractivity contribution is 5.88. The van der Waals surface area contributed by atoms with Gasteiger partial charge in [0, 0.05) is 6.54 Å². The number of nitrogens with one attached hydrogen (secondary N) is 1. The molecule has 0 bridgehead atoms. The molecule has 27 heavy (non-hydrogen) atoms. The molecule has 8 heteroatoms. The Bertz CT molecular complexity index is 1170. The molecule has 0 atom stereocenters. The Kier molecular flexibility index (Phi) is 4.39. The maximum Gasteiger partial charge on any atom is 0.337 e. The average Bonchev–Trinajstić information content (AvgIpc) is 3.28. The summed E-state index contributed by atoms with van der Waals surface area (Å²) in [5.41, 5.74) is 2.46. The number of aromatic amines is 1. The molecule has 1 aromatic carbocycles. The highest BCUT2D eigenvalue weighted by Crippen LogP contribution is 2.30. The topological polar surface area (TPSA) is 90.1 Å². The van der Waals surface area contributed by atoms with E-state index in [1.54, 1.807) is 11.5 Å². The largest absolute Gasteiger partial charge is 0.493 e. The molecule has 0 fully saturated rings. The SMILES string of the molecule is CCCOc1ccccc1-c1nc2c([nH]1)c1nnc(C)n1c(=O)n2CCC. The number of imidazole rings is 1. The van der Waals surface area contributed by atoms with Gasteiger partial charge in [0.1, 0.15) is 22.9 Å². The third-order valence-electron chi connectivity index (χ3n) is 4.46. The van der Waals surface area contributed by atoms with Gasteiger partial charge in [0.05, 0.1) is 12.2 Å². The summed E-state index contributed by atoms with van der Waals surface area (Å²) in [7, 11) is 0. The van der Waals surface area contributed by atoms with Crippen LogP contribution >= 0.6 is 0 Å². The number of para-hydroxylation sites is 1. The van der Waals surface area contributed by atoms with E-state index in [0.29, 0.717) is 41.6 Å². The van der Waals surface area contributed by atoms with Crippen molar-refractivity contribution in [2.45, 2.75) is 40.2 Å². The van der Waals surface area contributed by atoms with E-state index >= 15 is 0 Å². The fourth-order valence-electron chi connectivity index (χ4n) is 3.23. The van der Waals surface area contributed by atoms with E-state index < -0.39 is 0 Å². The van der Waals surface area contributed by atoms with Gasteiger partial charge in [0.2, 0.25) is 0 Å². The van der Waals surface area contributed by atoms with Crippen LogP contribution in [0.2, 0.25) is 0 Å². The number of aryl methyl sites for hydroxylation is 2. The Labute approximate surface area is 155 Å². The van der Waals surface area contributed by atoms with Crippen molar-refractivity contribution in [2.75, 3.05) is 6.61 Å². The van der Waals surface area contributed by atoms with E-state index in [9.17, 15) is 4.79 Å². The second kappa shape index (κ2) is 6.86. The van der Waals surface area contributed by atoms with Crippen LogP contribution in [-0.2, 0) is 6.54 Å². The lowest BCUT2D eigenvalue weighted by Gasteiger charge is -2.08. The molecule has 0 spiro atoms. The predicted molar refractivity (Wildman–Crippen MR) is 103 cm³/mol. The van der Waals surface area contributed by atoms with Gasteiger partial charge in [-0.3, -0.25) is 4.57 Å². The normalized spacial score (nSPS) is 11.5. The Morgan fingerprint density at radius 3 is 2.70 bits per heavy atom. The molecule has 4 rings (SSSR count). The lowest BCUT2D eigenvalue weighted by molar-refractivity contribution is 0.318. The Morgan fingerprint density at radius 1 is 1.11 bits per heavy atom. The molecular weight excluding hydrogens is 344 g/mol. The maximum atomic E-state index is 12.9. The van der Waals surface area contributed by atoms with Gasteiger partial charge in [-0.15, -0.1) is 10.2 Å². The zero-order valence-electron chi connectivity index (χ0n) is 15.7. The van der Waals surface area contributed by atoms with Crippen LogP contribution < -0.4 is 10.4 Å². The number of benzene rings is 1. The summed E-state index contributed by atoms with van der Waals surface area (Å²) in [5.74, 6) is 1.97. The molecule has 3 aromatic heterocycles. The number of hydrogen-bond donors (Lipinski definition) is 1. The molecule has 0 aliphatic carbocycles. The summed E-state index contributed by atoms with van der Waals surface area (Å²) in [5, 5.41) is 8.26. The molecule has 8 nitrogen and oxygen atoms in total. The van der Waals surface area contributed by atoms with Crippen molar-refractivity contribution in [3.05, 3.63) is 40.6 Å². The lowest BCUT2D eigenvalue weighted by atomic mass is 10.2. The third-order valence-corrected chi connectivity index (χ3v) is 4.46. The quantitative estimate of drug-likeness (QED) is 0.567. The molecule has 0 unspecified atom stereocenters. The second-order valence-corrected chi connectivity index (χ2v) is 6.47. The molecule has 4 aromatic rings. The van der Waals surface area contributed by atoms with Crippen LogP contribution in [0.1, 0.15) is 32.5 Å². The van der Waals surface area contributed by atoms with Crippen molar-refractivity contribution >= 4 is 16.8 Å². The smallest absolute Gasteiger partial charge is 0.337 e. The van der Waals surface area contributed by atoms with Gasteiger partial charge in [0.15, 0.2) is 11.3 Å². The second-order valence-electron chi connectivity index (χ2n) is 6.47. The number of hydrogen-bond acceptors (Lipinski definition) is 5. The van der Waals surface area contributed by atoms with Crippen molar-refractivity contribution in [1.29, 1.82) is 0 Å². The van der Waals surface area contributed by atoms with E-state index in [4.69, 9.17) is 9.72 Å². The standard InChI is InChI=1S/C19H22N6O2/c1-4-10-24-17-15(18-23-22-12(3)25(18)19(24)26)20-16(21-17)13-8-6-7-9-14(13)27-11-5-2/h6-9H,4-5,10-11H2,1-3H3,(H,20,21). The third kappa shape index (κ3) is 2.77. The van der Waals surface area contributed by atoms with Gasteiger partial charge in [-0.25, -0.2) is 14.2 Å². The minimum atomic E-state index is -0.171. The predicted octanol–water partition coefficient (Wildman–Crippen LogP) is 2.94. The number of rotatable bonds is 6. The van der Waals surface area contributed by atoms with Gasteiger partial charge >= 0.3 is 5.69 Å². The van der Waals surface area contributed by atoms with Crippen molar-refractivity contribution in [1.82, 2.24) is 29.1 Å². The zero-order valence-corrected chi connectivity index (χ0v) is 15.7. The average molecular weight is 366 g/mol. The summed E-state index contributed by atoms with van der Waals surface area (Å²) in [4.78, 5) is 21.0. The first-order chi connectivity index (χ1) is 13.2. The Hall–Kier alpha value is -3.16. The Morgan fingerprint density at radius 2 is 1.93 bits per heavy atom. The molecular formula is C19H22N6O2. The molecule has 0 radical (unpaired) electrons. The number of ether oxygens (including phenoxy) is 1. The first-order valence-corrected chi connectivity index (χ1v) is 9.22. The zero-order chi connectivity index (χ0) is 19.0. The highest BCUT2D eigenvalue weighted by Gasteiger charge is 2.19. The molecule has 0 aliphatic heterocycles. The fraction of sp³-hybridized carbons (Fsp3) is 0.368. The van der Waals surface area contributed by atoms with E-state index in [0.717, 1.165) is 24.2 Å². The summed E-state index contributed by atoms with van der Waals surface area (Å²) >= 11 is 0. The van der Waals surface area contributed by atoms with E-state index in [1.807, 2.05) is 31.2 Å². The number of nitrogens with zero attached hydrogens (tertiary/aromatic N) is 5.